The molecular weight excluding hydrogens is 338 g/mol. The van der Waals surface area contributed by atoms with Crippen LogP contribution in [0.4, 0.5) is 5.69 Å². The van der Waals surface area contributed by atoms with Gasteiger partial charge in [-0.2, -0.15) is 0 Å². The van der Waals surface area contributed by atoms with Gasteiger partial charge in [-0.05, 0) is 50.6 Å². The van der Waals surface area contributed by atoms with Gasteiger partial charge in [0.1, 0.15) is 5.75 Å². The van der Waals surface area contributed by atoms with Crippen LogP contribution in [0.1, 0.15) is 31.4 Å². The molecule has 1 unspecified atom stereocenters. The summed E-state index contributed by atoms with van der Waals surface area (Å²) in [5.74, 6) is 0.502. The molecule has 0 spiro atoms. The first-order valence-electron chi connectivity index (χ1n) is 9.30. The highest BCUT2D eigenvalue weighted by Gasteiger charge is 2.46. The van der Waals surface area contributed by atoms with E-state index < -0.39 is 5.54 Å². The zero-order valence-corrected chi connectivity index (χ0v) is 16.7. The molecule has 0 saturated carbocycles. The highest BCUT2D eigenvalue weighted by Crippen LogP contribution is 2.38. The maximum atomic E-state index is 13.3. The Morgan fingerprint density at radius 3 is 2.22 bits per heavy atom. The minimum absolute atomic E-state index is 0.272. The van der Waals surface area contributed by atoms with Crippen LogP contribution in [0.15, 0.2) is 61.2 Å². The molecule has 2 aromatic carbocycles. The highest BCUT2D eigenvalue weighted by atomic mass is 16.5. The summed E-state index contributed by atoms with van der Waals surface area (Å²) in [5.41, 5.74) is 1.98. The quantitative estimate of drug-likeness (QED) is 0.468. The van der Waals surface area contributed by atoms with Gasteiger partial charge in [-0.1, -0.05) is 35.9 Å². The van der Waals surface area contributed by atoms with E-state index in [2.05, 4.69) is 11.5 Å². The molecule has 1 atom stereocenters. The third kappa shape index (κ3) is 4.16. The number of carbonyl (C=O) groups is 1. The fourth-order valence-corrected chi connectivity index (χ4v) is 3.42. The number of methoxy groups -OCH3 is 1. The van der Waals surface area contributed by atoms with Crippen LogP contribution in [-0.2, 0) is 15.1 Å². The van der Waals surface area contributed by atoms with Crippen molar-refractivity contribution >= 4 is 11.7 Å². The molecule has 27 heavy (non-hydrogen) atoms. The fourth-order valence-electron chi connectivity index (χ4n) is 3.42. The standard InChI is InChI=1S/C23H29NO3/c1-6-17-23(22(25)27-8-3,19-11-9-18(4)10-12-19)24(7-2)20-13-15-21(26-5)16-14-20/h6,9-16H,1,7-8,17H2,2-5H3. The highest BCUT2D eigenvalue weighted by molar-refractivity contribution is 5.87. The SMILES string of the molecule is C=CCC(C(=O)OCC)(c1ccc(C)cc1)N(CC)c1ccc(OC)cc1. The Morgan fingerprint density at radius 1 is 1.11 bits per heavy atom. The number of likely N-dealkylation sites (N-methyl/N-ethyl adjacent to an activating group) is 1. The Morgan fingerprint density at radius 2 is 1.74 bits per heavy atom. The van der Waals surface area contributed by atoms with Crippen LogP contribution in [0.3, 0.4) is 0 Å². The lowest BCUT2D eigenvalue weighted by Gasteiger charge is -2.43. The first kappa shape index (κ1) is 20.6. The number of hydrogen-bond donors (Lipinski definition) is 0. The van der Waals surface area contributed by atoms with Crippen molar-refractivity contribution in [3.63, 3.8) is 0 Å². The molecule has 0 aliphatic heterocycles. The molecule has 0 saturated heterocycles. The lowest BCUT2D eigenvalue weighted by Crippen LogP contribution is -2.53. The summed E-state index contributed by atoms with van der Waals surface area (Å²) in [6.07, 6.45) is 2.22. The molecule has 0 fully saturated rings. The van der Waals surface area contributed by atoms with E-state index in [0.29, 0.717) is 19.6 Å². The van der Waals surface area contributed by atoms with E-state index in [4.69, 9.17) is 9.47 Å². The van der Waals surface area contributed by atoms with Gasteiger partial charge < -0.3 is 14.4 Å². The van der Waals surface area contributed by atoms with E-state index in [0.717, 1.165) is 22.6 Å². The Hall–Kier alpha value is -2.75. The lowest BCUT2D eigenvalue weighted by atomic mass is 9.83. The van der Waals surface area contributed by atoms with E-state index in [1.54, 1.807) is 13.2 Å². The second kappa shape index (κ2) is 9.26. The van der Waals surface area contributed by atoms with Crippen LogP contribution in [0, 0.1) is 6.92 Å². The van der Waals surface area contributed by atoms with Gasteiger partial charge in [-0.3, -0.25) is 0 Å². The van der Waals surface area contributed by atoms with Crippen molar-refractivity contribution in [2.75, 3.05) is 25.2 Å². The van der Waals surface area contributed by atoms with E-state index in [-0.39, 0.29) is 5.97 Å². The van der Waals surface area contributed by atoms with Crippen LogP contribution in [0.2, 0.25) is 0 Å². The van der Waals surface area contributed by atoms with Gasteiger partial charge in [0.2, 0.25) is 0 Å². The number of carbonyl (C=O) groups excluding carboxylic acids is 1. The molecule has 0 aliphatic carbocycles. The fraction of sp³-hybridized carbons (Fsp3) is 0.348. The van der Waals surface area contributed by atoms with Crippen LogP contribution in [0.25, 0.3) is 0 Å². The van der Waals surface area contributed by atoms with Crippen molar-refractivity contribution < 1.29 is 14.3 Å². The first-order valence-corrected chi connectivity index (χ1v) is 9.30. The van der Waals surface area contributed by atoms with Gasteiger partial charge in [-0.25, -0.2) is 4.79 Å². The van der Waals surface area contributed by atoms with Gasteiger partial charge in [0.15, 0.2) is 5.54 Å². The molecule has 0 N–H and O–H groups in total. The van der Waals surface area contributed by atoms with Crippen molar-refractivity contribution in [3.8, 4) is 5.75 Å². The number of esters is 1. The summed E-state index contributed by atoms with van der Waals surface area (Å²) in [7, 11) is 1.64. The molecule has 0 radical (unpaired) electrons. The van der Waals surface area contributed by atoms with E-state index in [1.165, 1.54) is 0 Å². The summed E-state index contributed by atoms with van der Waals surface area (Å²) in [6.45, 7) is 10.8. The van der Waals surface area contributed by atoms with Crippen molar-refractivity contribution in [2.24, 2.45) is 0 Å². The van der Waals surface area contributed by atoms with Crippen LogP contribution >= 0.6 is 0 Å². The largest absolute Gasteiger partial charge is 0.497 e. The van der Waals surface area contributed by atoms with Gasteiger partial charge in [0.25, 0.3) is 0 Å². The van der Waals surface area contributed by atoms with E-state index in [9.17, 15) is 4.79 Å². The zero-order chi connectivity index (χ0) is 19.9. The average Bonchev–Trinajstić information content (AvgIpc) is 2.69. The molecule has 2 aromatic rings. The molecule has 0 amide bonds. The summed E-state index contributed by atoms with van der Waals surface area (Å²) in [6, 6.07) is 15.8. The Labute approximate surface area is 162 Å². The van der Waals surface area contributed by atoms with Crippen molar-refractivity contribution in [3.05, 3.63) is 72.3 Å². The normalized spacial score (nSPS) is 12.7. The lowest BCUT2D eigenvalue weighted by molar-refractivity contribution is -0.150. The Bertz CT molecular complexity index is 752. The monoisotopic (exact) mass is 367 g/mol. The number of benzene rings is 2. The summed E-state index contributed by atoms with van der Waals surface area (Å²) in [4.78, 5) is 15.4. The molecule has 4 nitrogen and oxygen atoms in total. The van der Waals surface area contributed by atoms with Gasteiger partial charge >= 0.3 is 5.97 Å². The smallest absolute Gasteiger partial charge is 0.337 e. The minimum atomic E-state index is -0.977. The Kier molecular flexibility index (Phi) is 7.05. The zero-order valence-electron chi connectivity index (χ0n) is 16.7. The van der Waals surface area contributed by atoms with Crippen LogP contribution in [0.5, 0.6) is 5.75 Å². The molecule has 0 aliphatic rings. The topological polar surface area (TPSA) is 38.8 Å². The maximum absolute atomic E-state index is 13.3. The van der Waals surface area contributed by atoms with Crippen LogP contribution in [-0.4, -0.2) is 26.2 Å². The molecule has 2 rings (SSSR count). The summed E-state index contributed by atoms with van der Waals surface area (Å²) < 4.78 is 10.8. The van der Waals surface area contributed by atoms with Crippen molar-refractivity contribution in [2.45, 2.75) is 32.7 Å². The van der Waals surface area contributed by atoms with E-state index >= 15 is 0 Å². The number of hydrogen-bond acceptors (Lipinski definition) is 4. The van der Waals surface area contributed by atoms with Crippen molar-refractivity contribution in [1.29, 1.82) is 0 Å². The summed E-state index contributed by atoms with van der Waals surface area (Å²) >= 11 is 0. The number of anilines is 1. The number of ether oxygens (including phenoxy) is 2. The van der Waals surface area contributed by atoms with Gasteiger partial charge in [-0.15, -0.1) is 6.58 Å². The van der Waals surface area contributed by atoms with E-state index in [1.807, 2.05) is 69.3 Å². The third-order valence-corrected chi connectivity index (χ3v) is 4.74. The molecular formula is C23H29NO3. The minimum Gasteiger partial charge on any atom is -0.497 e. The average molecular weight is 367 g/mol. The first-order chi connectivity index (χ1) is 13.0. The molecule has 144 valence electrons. The number of rotatable bonds is 9. The Balaban J connectivity index is 2.67. The number of aryl methyl sites for hydroxylation is 1. The van der Waals surface area contributed by atoms with Gasteiger partial charge in [0.05, 0.1) is 13.7 Å². The maximum Gasteiger partial charge on any atom is 0.337 e. The summed E-state index contributed by atoms with van der Waals surface area (Å²) in [5, 5.41) is 0. The second-order valence-corrected chi connectivity index (χ2v) is 6.38. The molecule has 0 heterocycles. The van der Waals surface area contributed by atoms with Gasteiger partial charge in [0, 0.05) is 18.7 Å². The van der Waals surface area contributed by atoms with Crippen molar-refractivity contribution in [1.82, 2.24) is 0 Å². The van der Waals surface area contributed by atoms with Crippen LogP contribution < -0.4 is 9.64 Å². The molecule has 0 aromatic heterocycles. The molecule has 0 bridgehead atoms. The second-order valence-electron chi connectivity index (χ2n) is 6.38. The number of nitrogens with zero attached hydrogens (tertiary/aromatic N) is 1. The molecule has 4 heteroatoms. The predicted molar refractivity (Wildman–Crippen MR) is 110 cm³/mol. The third-order valence-electron chi connectivity index (χ3n) is 4.74. The predicted octanol–water partition coefficient (Wildman–Crippen LogP) is 4.86.